The van der Waals surface area contributed by atoms with E-state index in [0.717, 1.165) is 24.7 Å². The summed E-state index contributed by atoms with van der Waals surface area (Å²) in [7, 11) is 2.17. The molecule has 1 unspecified atom stereocenters. The second-order valence-corrected chi connectivity index (χ2v) is 4.19. The molecule has 0 amide bonds. The Hall–Kier alpha value is -0.570. The van der Waals surface area contributed by atoms with Crippen molar-refractivity contribution >= 4 is 11.6 Å². The van der Waals surface area contributed by atoms with Crippen molar-refractivity contribution in [3.63, 3.8) is 0 Å². The molecular formula is C11H15ClN2. The van der Waals surface area contributed by atoms with Crippen molar-refractivity contribution < 1.29 is 0 Å². The van der Waals surface area contributed by atoms with Crippen LogP contribution in [0.3, 0.4) is 0 Å². The lowest BCUT2D eigenvalue weighted by Crippen LogP contribution is -2.43. The van der Waals surface area contributed by atoms with Gasteiger partial charge in [-0.05, 0) is 24.7 Å². The molecule has 0 radical (unpaired) electrons. The summed E-state index contributed by atoms with van der Waals surface area (Å²) in [5.41, 5.74) is 1.34. The second-order valence-electron chi connectivity index (χ2n) is 3.75. The Kier molecular flexibility index (Phi) is 3.06. The minimum absolute atomic E-state index is 0.487. The van der Waals surface area contributed by atoms with Gasteiger partial charge in [-0.25, -0.2) is 0 Å². The summed E-state index contributed by atoms with van der Waals surface area (Å²) in [5, 5.41) is 4.21. The standard InChI is InChI=1S/C11H15ClN2/c1-14-7-6-13-8-11(14)9-2-4-10(12)5-3-9/h2-5,11,13H,6-8H2,1H3. The molecule has 1 saturated heterocycles. The van der Waals surface area contributed by atoms with E-state index in [4.69, 9.17) is 11.6 Å². The van der Waals surface area contributed by atoms with Crippen molar-refractivity contribution in [1.82, 2.24) is 10.2 Å². The van der Waals surface area contributed by atoms with Crippen LogP contribution in [0.5, 0.6) is 0 Å². The van der Waals surface area contributed by atoms with Gasteiger partial charge >= 0.3 is 0 Å². The summed E-state index contributed by atoms with van der Waals surface area (Å²) in [6.45, 7) is 3.21. The minimum atomic E-state index is 0.487. The average molecular weight is 211 g/mol. The number of piperazine rings is 1. The molecule has 0 bridgehead atoms. The molecule has 1 N–H and O–H groups in total. The summed E-state index contributed by atoms with van der Waals surface area (Å²) in [6.07, 6.45) is 0. The quantitative estimate of drug-likeness (QED) is 0.762. The topological polar surface area (TPSA) is 15.3 Å². The molecule has 3 heteroatoms. The second kappa shape index (κ2) is 4.30. The Morgan fingerprint density at radius 2 is 2.07 bits per heavy atom. The molecule has 0 aromatic heterocycles. The van der Waals surface area contributed by atoms with Crippen LogP contribution >= 0.6 is 11.6 Å². The maximum atomic E-state index is 5.86. The molecule has 1 aliphatic rings. The first-order chi connectivity index (χ1) is 6.77. The van der Waals surface area contributed by atoms with Crippen LogP contribution in [0.4, 0.5) is 0 Å². The fraction of sp³-hybridized carbons (Fsp3) is 0.455. The lowest BCUT2D eigenvalue weighted by atomic mass is 10.0. The highest BCUT2D eigenvalue weighted by atomic mass is 35.5. The summed E-state index contributed by atoms with van der Waals surface area (Å²) < 4.78 is 0. The van der Waals surface area contributed by atoms with E-state index in [1.54, 1.807) is 0 Å². The van der Waals surface area contributed by atoms with Crippen molar-refractivity contribution in [2.45, 2.75) is 6.04 Å². The van der Waals surface area contributed by atoms with Gasteiger partial charge in [0.25, 0.3) is 0 Å². The van der Waals surface area contributed by atoms with Crippen LogP contribution in [0.15, 0.2) is 24.3 Å². The van der Waals surface area contributed by atoms with Gasteiger partial charge in [-0.15, -0.1) is 0 Å². The van der Waals surface area contributed by atoms with E-state index in [0.29, 0.717) is 6.04 Å². The first-order valence-corrected chi connectivity index (χ1v) is 5.31. The Morgan fingerprint density at radius 3 is 2.71 bits per heavy atom. The van der Waals surface area contributed by atoms with Crippen LogP contribution in [0.1, 0.15) is 11.6 Å². The van der Waals surface area contributed by atoms with Gasteiger partial charge in [0.05, 0.1) is 0 Å². The Bertz CT molecular complexity index is 297. The third kappa shape index (κ3) is 2.08. The largest absolute Gasteiger partial charge is 0.314 e. The van der Waals surface area contributed by atoms with E-state index in [-0.39, 0.29) is 0 Å². The highest BCUT2D eigenvalue weighted by Gasteiger charge is 2.19. The lowest BCUT2D eigenvalue weighted by Gasteiger charge is -2.33. The number of benzene rings is 1. The van der Waals surface area contributed by atoms with E-state index < -0.39 is 0 Å². The van der Waals surface area contributed by atoms with Crippen LogP contribution < -0.4 is 5.32 Å². The van der Waals surface area contributed by atoms with Gasteiger partial charge in [-0.2, -0.15) is 0 Å². The van der Waals surface area contributed by atoms with Crippen LogP contribution in [0.2, 0.25) is 5.02 Å². The predicted octanol–water partition coefficient (Wildman–Crippen LogP) is 1.92. The molecule has 14 heavy (non-hydrogen) atoms. The Balaban J connectivity index is 2.16. The zero-order valence-electron chi connectivity index (χ0n) is 8.33. The summed E-state index contributed by atoms with van der Waals surface area (Å²) >= 11 is 5.86. The first kappa shape index (κ1) is 9.97. The zero-order valence-corrected chi connectivity index (χ0v) is 9.09. The van der Waals surface area contributed by atoms with Gasteiger partial charge in [-0.1, -0.05) is 23.7 Å². The molecule has 1 fully saturated rings. The normalized spacial score (nSPS) is 23.7. The fourth-order valence-electron chi connectivity index (χ4n) is 1.86. The summed E-state index contributed by atoms with van der Waals surface area (Å²) in [6, 6.07) is 8.62. The van der Waals surface area contributed by atoms with Gasteiger partial charge in [0.1, 0.15) is 0 Å². The van der Waals surface area contributed by atoms with E-state index >= 15 is 0 Å². The minimum Gasteiger partial charge on any atom is -0.314 e. The van der Waals surface area contributed by atoms with Gasteiger partial charge in [0, 0.05) is 30.7 Å². The molecule has 76 valence electrons. The molecule has 2 rings (SSSR count). The maximum Gasteiger partial charge on any atom is 0.0470 e. The third-order valence-electron chi connectivity index (χ3n) is 2.77. The molecule has 1 heterocycles. The van der Waals surface area contributed by atoms with E-state index in [1.807, 2.05) is 12.1 Å². The van der Waals surface area contributed by atoms with Crippen LogP contribution in [-0.2, 0) is 0 Å². The molecule has 1 aromatic carbocycles. The van der Waals surface area contributed by atoms with Gasteiger partial charge < -0.3 is 5.32 Å². The van der Waals surface area contributed by atoms with Crippen molar-refractivity contribution in [3.8, 4) is 0 Å². The Labute approximate surface area is 89.9 Å². The average Bonchev–Trinajstić information content (AvgIpc) is 2.20. The number of halogens is 1. The third-order valence-corrected chi connectivity index (χ3v) is 3.02. The van der Waals surface area contributed by atoms with Crippen LogP contribution in [0, 0.1) is 0 Å². The van der Waals surface area contributed by atoms with Gasteiger partial charge in [0.2, 0.25) is 0 Å². The van der Waals surface area contributed by atoms with Crippen molar-refractivity contribution in [2.24, 2.45) is 0 Å². The van der Waals surface area contributed by atoms with Crippen molar-refractivity contribution in [1.29, 1.82) is 0 Å². The van der Waals surface area contributed by atoms with Crippen LogP contribution in [0.25, 0.3) is 0 Å². The number of nitrogens with one attached hydrogen (secondary N) is 1. The monoisotopic (exact) mass is 210 g/mol. The van der Waals surface area contributed by atoms with E-state index in [2.05, 4.69) is 29.4 Å². The molecule has 2 nitrogen and oxygen atoms in total. The number of rotatable bonds is 1. The van der Waals surface area contributed by atoms with Crippen molar-refractivity contribution in [2.75, 3.05) is 26.7 Å². The smallest absolute Gasteiger partial charge is 0.0470 e. The fourth-order valence-corrected chi connectivity index (χ4v) is 1.99. The number of hydrogen-bond acceptors (Lipinski definition) is 2. The zero-order chi connectivity index (χ0) is 9.97. The van der Waals surface area contributed by atoms with E-state index in [1.165, 1.54) is 5.56 Å². The van der Waals surface area contributed by atoms with Crippen molar-refractivity contribution in [3.05, 3.63) is 34.9 Å². The highest BCUT2D eigenvalue weighted by Crippen LogP contribution is 2.21. The van der Waals surface area contributed by atoms with E-state index in [9.17, 15) is 0 Å². The SMILES string of the molecule is CN1CCNCC1c1ccc(Cl)cc1. The number of likely N-dealkylation sites (N-methyl/N-ethyl adjacent to an activating group) is 1. The molecule has 0 saturated carbocycles. The lowest BCUT2D eigenvalue weighted by molar-refractivity contribution is 0.202. The first-order valence-electron chi connectivity index (χ1n) is 4.94. The molecule has 0 spiro atoms. The number of nitrogens with zero attached hydrogens (tertiary/aromatic N) is 1. The highest BCUT2D eigenvalue weighted by molar-refractivity contribution is 6.30. The Morgan fingerprint density at radius 1 is 1.36 bits per heavy atom. The molecular weight excluding hydrogens is 196 g/mol. The van der Waals surface area contributed by atoms with Gasteiger partial charge in [0.15, 0.2) is 0 Å². The summed E-state index contributed by atoms with van der Waals surface area (Å²) in [4.78, 5) is 2.37. The molecule has 0 aliphatic carbocycles. The van der Waals surface area contributed by atoms with Crippen LogP contribution in [-0.4, -0.2) is 31.6 Å². The molecule has 1 aromatic rings. The summed E-state index contributed by atoms with van der Waals surface area (Å²) in [5.74, 6) is 0. The van der Waals surface area contributed by atoms with Gasteiger partial charge in [-0.3, -0.25) is 4.90 Å². The molecule has 1 aliphatic heterocycles. The number of hydrogen-bond donors (Lipinski definition) is 1. The maximum absolute atomic E-state index is 5.86. The molecule has 1 atom stereocenters. The predicted molar refractivity (Wildman–Crippen MR) is 59.7 cm³/mol.